The van der Waals surface area contributed by atoms with Crippen molar-refractivity contribution in [2.45, 2.75) is 0 Å². The number of ether oxygens (including phenoxy) is 2. The number of hydrogen-bond donors (Lipinski definition) is 2. The molecule has 1 aromatic heterocycles. The predicted octanol–water partition coefficient (Wildman–Crippen LogP) is 2.13. The Morgan fingerprint density at radius 2 is 1.77 bits per heavy atom. The third-order valence-corrected chi connectivity index (χ3v) is 3.34. The molecule has 0 bridgehead atoms. The molecule has 0 saturated heterocycles. The lowest BCUT2D eigenvalue weighted by atomic mass is 9.98. The summed E-state index contributed by atoms with van der Waals surface area (Å²) < 4.78 is 10.6. The summed E-state index contributed by atoms with van der Waals surface area (Å²) in [6.07, 6.45) is 0. The zero-order chi connectivity index (χ0) is 15.5. The number of nitrogens with one attached hydrogen (secondary N) is 1. The Bertz CT molecular complexity index is 787. The van der Waals surface area contributed by atoms with Gasteiger partial charge in [-0.1, -0.05) is 12.1 Å². The van der Waals surface area contributed by atoms with Crippen molar-refractivity contribution in [2.75, 3.05) is 20.0 Å². The number of nitrogens with two attached hydrogens (primary N) is 1. The van der Waals surface area contributed by atoms with Gasteiger partial charge in [0.05, 0.1) is 14.2 Å². The number of aromatic amines is 1. The summed E-state index contributed by atoms with van der Waals surface area (Å²) in [6.45, 7) is 0. The van der Waals surface area contributed by atoms with Crippen LogP contribution in [0, 0.1) is 0 Å². The molecule has 0 unspecified atom stereocenters. The molecule has 0 amide bonds. The molecule has 0 aliphatic carbocycles. The van der Waals surface area contributed by atoms with Gasteiger partial charge in [-0.2, -0.15) is 0 Å². The van der Waals surface area contributed by atoms with Gasteiger partial charge < -0.3 is 15.2 Å². The topological polar surface area (TPSA) is 98.9 Å². The van der Waals surface area contributed by atoms with E-state index in [0.717, 1.165) is 16.7 Å². The van der Waals surface area contributed by atoms with Gasteiger partial charge in [-0.3, -0.25) is 0 Å². The first-order valence-corrected chi connectivity index (χ1v) is 6.59. The molecule has 0 fully saturated rings. The molecule has 0 spiro atoms. The smallest absolute Gasteiger partial charge is 0.180 e. The molecule has 0 aliphatic heterocycles. The highest BCUT2D eigenvalue weighted by atomic mass is 16.5. The number of tetrazole rings is 1. The summed E-state index contributed by atoms with van der Waals surface area (Å²) in [6, 6.07) is 11.3. The van der Waals surface area contributed by atoms with Crippen molar-refractivity contribution < 1.29 is 9.47 Å². The third kappa shape index (κ3) is 2.44. The molecule has 7 heteroatoms. The molecule has 112 valence electrons. The van der Waals surface area contributed by atoms with E-state index in [0.29, 0.717) is 23.0 Å². The van der Waals surface area contributed by atoms with Crippen LogP contribution in [-0.4, -0.2) is 34.8 Å². The van der Waals surface area contributed by atoms with E-state index < -0.39 is 0 Å². The van der Waals surface area contributed by atoms with Crippen LogP contribution in [0.2, 0.25) is 0 Å². The Morgan fingerprint density at radius 1 is 0.955 bits per heavy atom. The molecular formula is C15H15N5O2. The number of aromatic nitrogens is 4. The average molecular weight is 297 g/mol. The third-order valence-electron chi connectivity index (χ3n) is 3.34. The van der Waals surface area contributed by atoms with Gasteiger partial charge in [0.15, 0.2) is 17.3 Å². The fourth-order valence-corrected chi connectivity index (χ4v) is 2.29. The minimum absolute atomic E-state index is 0.553. The van der Waals surface area contributed by atoms with Crippen LogP contribution in [0.4, 0.5) is 5.69 Å². The Kier molecular flexibility index (Phi) is 3.61. The Balaban J connectivity index is 2.16. The SMILES string of the molecule is COc1ccc(-c2ccc(N)cc2-c2nnn[nH]2)cc1OC. The molecule has 1 heterocycles. The largest absolute Gasteiger partial charge is 0.493 e. The van der Waals surface area contributed by atoms with Gasteiger partial charge in [0.2, 0.25) is 0 Å². The Hall–Kier alpha value is -3.09. The number of nitrogens with zero attached hydrogens (tertiary/aromatic N) is 3. The van der Waals surface area contributed by atoms with Crippen molar-refractivity contribution in [1.29, 1.82) is 0 Å². The van der Waals surface area contributed by atoms with Crippen LogP contribution in [0.5, 0.6) is 11.5 Å². The van der Waals surface area contributed by atoms with Crippen LogP contribution in [0.25, 0.3) is 22.5 Å². The summed E-state index contributed by atoms with van der Waals surface area (Å²) in [5.74, 6) is 1.88. The second-order valence-electron chi connectivity index (χ2n) is 4.62. The minimum Gasteiger partial charge on any atom is -0.493 e. The van der Waals surface area contributed by atoms with Gasteiger partial charge in [-0.25, -0.2) is 5.10 Å². The molecular weight excluding hydrogens is 282 g/mol. The lowest BCUT2D eigenvalue weighted by Crippen LogP contribution is -1.94. The molecule has 3 aromatic rings. The van der Waals surface area contributed by atoms with Crippen LogP contribution >= 0.6 is 0 Å². The molecule has 2 aromatic carbocycles. The molecule has 0 aliphatic rings. The van der Waals surface area contributed by atoms with Gasteiger partial charge >= 0.3 is 0 Å². The van der Waals surface area contributed by atoms with Gasteiger partial charge in [0, 0.05) is 11.3 Å². The second kappa shape index (κ2) is 5.72. The number of H-pyrrole nitrogens is 1. The molecule has 0 saturated carbocycles. The van der Waals surface area contributed by atoms with E-state index >= 15 is 0 Å². The summed E-state index contributed by atoms with van der Waals surface area (Å²) in [7, 11) is 3.21. The first-order valence-electron chi connectivity index (χ1n) is 6.59. The predicted molar refractivity (Wildman–Crippen MR) is 82.6 cm³/mol. The molecule has 22 heavy (non-hydrogen) atoms. The zero-order valence-electron chi connectivity index (χ0n) is 12.2. The number of methoxy groups -OCH3 is 2. The molecule has 0 atom stereocenters. The fraction of sp³-hybridized carbons (Fsp3) is 0.133. The maximum absolute atomic E-state index is 5.89. The van der Waals surface area contributed by atoms with E-state index in [1.807, 2.05) is 36.4 Å². The Labute approximate surface area is 127 Å². The van der Waals surface area contributed by atoms with Crippen LogP contribution < -0.4 is 15.2 Å². The first kappa shape index (κ1) is 13.9. The van der Waals surface area contributed by atoms with E-state index in [9.17, 15) is 0 Å². The van der Waals surface area contributed by atoms with Gasteiger partial charge in [-0.15, -0.1) is 5.10 Å². The standard InChI is InChI=1S/C15H15N5O2/c1-21-13-6-3-9(7-14(13)22-2)11-5-4-10(16)8-12(11)15-17-19-20-18-15/h3-8H,16H2,1-2H3,(H,17,18,19,20). The van der Waals surface area contributed by atoms with Crippen LogP contribution in [0.1, 0.15) is 0 Å². The normalized spacial score (nSPS) is 10.5. The fourth-order valence-electron chi connectivity index (χ4n) is 2.29. The number of nitrogen functional groups attached to an aromatic ring is 1. The molecule has 7 nitrogen and oxygen atoms in total. The highest BCUT2D eigenvalue weighted by Gasteiger charge is 2.13. The van der Waals surface area contributed by atoms with E-state index in [1.165, 1.54) is 0 Å². The quantitative estimate of drug-likeness (QED) is 0.716. The van der Waals surface area contributed by atoms with Gasteiger partial charge in [0.25, 0.3) is 0 Å². The van der Waals surface area contributed by atoms with E-state index in [1.54, 1.807) is 14.2 Å². The van der Waals surface area contributed by atoms with E-state index in [2.05, 4.69) is 20.6 Å². The Morgan fingerprint density at radius 3 is 2.45 bits per heavy atom. The van der Waals surface area contributed by atoms with Crippen molar-refractivity contribution >= 4 is 5.69 Å². The number of hydrogen-bond acceptors (Lipinski definition) is 6. The maximum Gasteiger partial charge on any atom is 0.180 e. The zero-order valence-corrected chi connectivity index (χ0v) is 12.2. The lowest BCUT2D eigenvalue weighted by molar-refractivity contribution is 0.355. The van der Waals surface area contributed by atoms with E-state index in [4.69, 9.17) is 15.2 Å². The van der Waals surface area contributed by atoms with Crippen LogP contribution in [0.3, 0.4) is 0 Å². The maximum atomic E-state index is 5.89. The van der Waals surface area contributed by atoms with Crippen molar-refractivity contribution in [3.8, 4) is 34.0 Å². The first-order chi connectivity index (χ1) is 10.7. The van der Waals surface area contributed by atoms with Gasteiger partial charge in [-0.05, 0) is 45.8 Å². The summed E-state index contributed by atoms with van der Waals surface area (Å²) in [5, 5.41) is 14.0. The van der Waals surface area contributed by atoms with Crippen LogP contribution in [-0.2, 0) is 0 Å². The molecule has 0 radical (unpaired) electrons. The summed E-state index contributed by atoms with van der Waals surface area (Å²) in [5.41, 5.74) is 9.22. The highest BCUT2D eigenvalue weighted by molar-refractivity contribution is 5.83. The monoisotopic (exact) mass is 297 g/mol. The van der Waals surface area contributed by atoms with Crippen molar-refractivity contribution in [2.24, 2.45) is 0 Å². The summed E-state index contributed by atoms with van der Waals surface area (Å²) in [4.78, 5) is 0. The number of anilines is 1. The molecule has 3 N–H and O–H groups in total. The lowest BCUT2D eigenvalue weighted by Gasteiger charge is -2.12. The minimum atomic E-state index is 0.553. The van der Waals surface area contributed by atoms with Crippen molar-refractivity contribution in [1.82, 2.24) is 20.6 Å². The highest BCUT2D eigenvalue weighted by Crippen LogP contribution is 2.36. The summed E-state index contributed by atoms with van der Waals surface area (Å²) >= 11 is 0. The number of benzene rings is 2. The molecule has 3 rings (SSSR count). The van der Waals surface area contributed by atoms with E-state index in [-0.39, 0.29) is 0 Å². The van der Waals surface area contributed by atoms with Crippen molar-refractivity contribution in [3.63, 3.8) is 0 Å². The van der Waals surface area contributed by atoms with Gasteiger partial charge in [0.1, 0.15) is 0 Å². The van der Waals surface area contributed by atoms with Crippen molar-refractivity contribution in [3.05, 3.63) is 36.4 Å². The van der Waals surface area contributed by atoms with Crippen LogP contribution in [0.15, 0.2) is 36.4 Å². The average Bonchev–Trinajstić information content (AvgIpc) is 3.08. The second-order valence-corrected chi connectivity index (χ2v) is 4.62. The number of rotatable bonds is 4.